The summed E-state index contributed by atoms with van der Waals surface area (Å²) in [5.41, 5.74) is 2.02. The standard InChI is InChI=1S/C18H20N6O2/c1-11-12(2)24-14-15(21(3)18(26)22(4)16(14)25)19-17(24)23(20-11)10-13-8-6-5-7-9-13/h5-9,12H,10H2,1-4H3. The van der Waals surface area contributed by atoms with Gasteiger partial charge in [0.05, 0.1) is 18.3 Å². The minimum atomic E-state index is -0.391. The van der Waals surface area contributed by atoms with Crippen LogP contribution in [0, 0.1) is 0 Å². The third-order valence-corrected chi connectivity index (χ3v) is 4.95. The number of hydrogen-bond acceptors (Lipinski definition) is 5. The second kappa shape index (κ2) is 5.69. The molecule has 0 bridgehead atoms. The van der Waals surface area contributed by atoms with Crippen LogP contribution in [-0.4, -0.2) is 24.4 Å². The largest absolute Gasteiger partial charge is 0.332 e. The molecule has 0 N–H and O–H groups in total. The minimum Gasteiger partial charge on any atom is -0.294 e. The van der Waals surface area contributed by atoms with E-state index in [4.69, 9.17) is 0 Å². The first kappa shape index (κ1) is 16.3. The van der Waals surface area contributed by atoms with Crippen LogP contribution >= 0.6 is 0 Å². The van der Waals surface area contributed by atoms with Crippen LogP contribution in [0.25, 0.3) is 11.2 Å². The lowest BCUT2D eigenvalue weighted by atomic mass is 10.2. The van der Waals surface area contributed by atoms with E-state index < -0.39 is 5.69 Å². The molecule has 0 saturated heterocycles. The number of anilines is 1. The molecule has 1 aromatic carbocycles. The molecule has 3 aromatic rings. The number of aryl methyl sites for hydroxylation is 1. The molecule has 1 atom stereocenters. The van der Waals surface area contributed by atoms with Gasteiger partial charge >= 0.3 is 5.69 Å². The highest BCUT2D eigenvalue weighted by Crippen LogP contribution is 2.30. The average Bonchev–Trinajstić information content (AvgIpc) is 3.04. The third-order valence-electron chi connectivity index (χ3n) is 4.95. The smallest absolute Gasteiger partial charge is 0.294 e. The van der Waals surface area contributed by atoms with Crippen molar-refractivity contribution in [2.24, 2.45) is 19.2 Å². The molecule has 1 aliphatic rings. The number of hydrogen-bond donors (Lipinski definition) is 0. The van der Waals surface area contributed by atoms with Crippen LogP contribution < -0.4 is 16.3 Å². The maximum absolute atomic E-state index is 12.8. The maximum Gasteiger partial charge on any atom is 0.332 e. The van der Waals surface area contributed by atoms with Gasteiger partial charge in [-0.05, 0) is 19.4 Å². The number of fused-ring (bicyclic) bond motifs is 3. The molecule has 26 heavy (non-hydrogen) atoms. The summed E-state index contributed by atoms with van der Waals surface area (Å²) in [6.45, 7) is 4.44. The number of rotatable bonds is 2. The Hall–Kier alpha value is -3.16. The summed E-state index contributed by atoms with van der Waals surface area (Å²) >= 11 is 0. The molecule has 0 saturated carbocycles. The molecule has 0 amide bonds. The summed E-state index contributed by atoms with van der Waals surface area (Å²) in [4.78, 5) is 29.7. The van der Waals surface area contributed by atoms with Gasteiger partial charge in [-0.3, -0.25) is 18.5 Å². The van der Waals surface area contributed by atoms with Gasteiger partial charge in [0.15, 0.2) is 11.2 Å². The van der Waals surface area contributed by atoms with Crippen molar-refractivity contribution in [3.8, 4) is 0 Å². The van der Waals surface area contributed by atoms with Crippen LogP contribution in [0.5, 0.6) is 0 Å². The van der Waals surface area contributed by atoms with E-state index in [0.29, 0.717) is 23.7 Å². The van der Waals surface area contributed by atoms with E-state index in [1.807, 2.05) is 48.7 Å². The Labute approximate surface area is 149 Å². The first-order chi connectivity index (χ1) is 12.4. The summed E-state index contributed by atoms with van der Waals surface area (Å²) in [5.74, 6) is 0.570. The fraction of sp³-hybridized carbons (Fsp3) is 0.333. The number of benzene rings is 1. The second-order valence-electron chi connectivity index (χ2n) is 6.62. The van der Waals surface area contributed by atoms with Crippen molar-refractivity contribution in [2.75, 3.05) is 5.01 Å². The van der Waals surface area contributed by atoms with Crippen molar-refractivity contribution in [3.05, 3.63) is 56.7 Å². The fourth-order valence-electron chi connectivity index (χ4n) is 3.32. The molecule has 8 nitrogen and oxygen atoms in total. The van der Waals surface area contributed by atoms with E-state index in [-0.39, 0.29) is 11.6 Å². The van der Waals surface area contributed by atoms with E-state index >= 15 is 0 Å². The fourth-order valence-corrected chi connectivity index (χ4v) is 3.32. The molecule has 1 aliphatic heterocycles. The topological polar surface area (TPSA) is 77.4 Å². The molecule has 134 valence electrons. The predicted octanol–water partition coefficient (Wildman–Crippen LogP) is 1.39. The van der Waals surface area contributed by atoms with Gasteiger partial charge < -0.3 is 0 Å². The van der Waals surface area contributed by atoms with Crippen LogP contribution in [0.4, 0.5) is 5.95 Å². The van der Waals surface area contributed by atoms with Gasteiger partial charge in [0.25, 0.3) is 5.56 Å². The van der Waals surface area contributed by atoms with Crippen molar-refractivity contribution >= 4 is 22.8 Å². The summed E-state index contributed by atoms with van der Waals surface area (Å²) in [5, 5.41) is 6.46. The Bertz CT molecular complexity index is 1150. The van der Waals surface area contributed by atoms with Gasteiger partial charge in [0.1, 0.15) is 0 Å². The lowest BCUT2D eigenvalue weighted by Crippen LogP contribution is -2.38. The van der Waals surface area contributed by atoms with Crippen LogP contribution in [0.1, 0.15) is 25.5 Å². The molecule has 8 heteroatoms. The minimum absolute atomic E-state index is 0.118. The first-order valence-corrected chi connectivity index (χ1v) is 8.44. The Balaban J connectivity index is 1.99. The van der Waals surface area contributed by atoms with Crippen molar-refractivity contribution in [1.82, 2.24) is 18.7 Å². The summed E-state index contributed by atoms with van der Waals surface area (Å²) in [6, 6.07) is 9.83. The third kappa shape index (κ3) is 2.22. The lowest BCUT2D eigenvalue weighted by Gasteiger charge is -2.29. The quantitative estimate of drug-likeness (QED) is 0.698. The summed E-state index contributed by atoms with van der Waals surface area (Å²) < 4.78 is 4.40. The van der Waals surface area contributed by atoms with Crippen LogP contribution in [-0.2, 0) is 20.6 Å². The normalized spacial score (nSPS) is 16.7. The van der Waals surface area contributed by atoms with Crippen LogP contribution in [0.2, 0.25) is 0 Å². The Morgan fingerprint density at radius 2 is 1.77 bits per heavy atom. The maximum atomic E-state index is 12.8. The first-order valence-electron chi connectivity index (χ1n) is 8.44. The van der Waals surface area contributed by atoms with E-state index in [9.17, 15) is 9.59 Å². The lowest BCUT2D eigenvalue weighted by molar-refractivity contribution is 0.634. The van der Waals surface area contributed by atoms with Crippen molar-refractivity contribution in [2.45, 2.75) is 26.4 Å². The van der Waals surface area contributed by atoms with Gasteiger partial charge in [-0.15, -0.1) is 0 Å². The van der Waals surface area contributed by atoms with Gasteiger partial charge in [0, 0.05) is 14.1 Å². The Morgan fingerprint density at radius 3 is 2.46 bits per heavy atom. The van der Waals surface area contributed by atoms with Gasteiger partial charge in [-0.1, -0.05) is 30.3 Å². The zero-order valence-corrected chi connectivity index (χ0v) is 15.2. The Morgan fingerprint density at radius 1 is 1.08 bits per heavy atom. The molecule has 2 aromatic heterocycles. The zero-order chi connectivity index (χ0) is 18.6. The highest BCUT2D eigenvalue weighted by molar-refractivity contribution is 5.91. The van der Waals surface area contributed by atoms with Crippen molar-refractivity contribution in [1.29, 1.82) is 0 Å². The van der Waals surface area contributed by atoms with E-state index in [1.165, 1.54) is 11.6 Å². The molecule has 0 radical (unpaired) electrons. The molecule has 1 unspecified atom stereocenters. The average molecular weight is 352 g/mol. The van der Waals surface area contributed by atoms with Crippen LogP contribution in [0.3, 0.4) is 0 Å². The number of nitrogens with zero attached hydrogens (tertiary/aromatic N) is 6. The van der Waals surface area contributed by atoms with Crippen LogP contribution in [0.15, 0.2) is 45.0 Å². The molecular weight excluding hydrogens is 332 g/mol. The molecule has 0 fully saturated rings. The predicted molar refractivity (Wildman–Crippen MR) is 101 cm³/mol. The number of imidazole rings is 1. The van der Waals surface area contributed by atoms with Crippen molar-refractivity contribution < 1.29 is 0 Å². The van der Waals surface area contributed by atoms with E-state index in [0.717, 1.165) is 15.8 Å². The highest BCUT2D eigenvalue weighted by atomic mass is 16.2. The number of aromatic nitrogens is 4. The Kier molecular flexibility index (Phi) is 3.57. The number of hydrazone groups is 1. The van der Waals surface area contributed by atoms with E-state index in [1.54, 1.807) is 12.1 Å². The van der Waals surface area contributed by atoms with Crippen molar-refractivity contribution in [3.63, 3.8) is 0 Å². The highest BCUT2D eigenvalue weighted by Gasteiger charge is 2.30. The SMILES string of the molecule is CC1=NN(Cc2ccccc2)c2nc3c(c(=O)n(C)c(=O)n3C)n2C1C. The van der Waals surface area contributed by atoms with Gasteiger partial charge in [0.2, 0.25) is 5.95 Å². The molecule has 3 heterocycles. The van der Waals surface area contributed by atoms with Gasteiger partial charge in [-0.25, -0.2) is 9.80 Å². The second-order valence-corrected chi connectivity index (χ2v) is 6.62. The molecule has 0 aliphatic carbocycles. The zero-order valence-electron chi connectivity index (χ0n) is 15.2. The monoisotopic (exact) mass is 352 g/mol. The summed E-state index contributed by atoms with van der Waals surface area (Å²) in [7, 11) is 3.11. The van der Waals surface area contributed by atoms with E-state index in [2.05, 4.69) is 10.1 Å². The van der Waals surface area contributed by atoms with Gasteiger partial charge in [-0.2, -0.15) is 10.1 Å². The summed E-state index contributed by atoms with van der Waals surface area (Å²) in [6.07, 6.45) is 0. The molecule has 0 spiro atoms. The molecular formula is C18H20N6O2. The molecule has 4 rings (SSSR count).